The molecule has 0 heterocycles. The van der Waals surface area contributed by atoms with Gasteiger partial charge in [-0.3, -0.25) is 0 Å². The largest absolute Gasteiger partial charge is 0.416 e. The van der Waals surface area contributed by atoms with Crippen LogP contribution < -0.4 is 11.1 Å². The van der Waals surface area contributed by atoms with Crippen molar-refractivity contribution in [3.8, 4) is 0 Å². The van der Waals surface area contributed by atoms with Gasteiger partial charge in [0, 0.05) is 6.54 Å². The first kappa shape index (κ1) is 14.8. The van der Waals surface area contributed by atoms with Gasteiger partial charge in [-0.1, -0.05) is 11.6 Å². The van der Waals surface area contributed by atoms with E-state index >= 15 is 0 Å². The highest BCUT2D eigenvalue weighted by Gasteiger charge is 2.30. The maximum absolute atomic E-state index is 12.5. The molecule has 0 radical (unpaired) electrons. The van der Waals surface area contributed by atoms with Gasteiger partial charge in [0.25, 0.3) is 0 Å². The van der Waals surface area contributed by atoms with E-state index in [1.54, 1.807) is 0 Å². The van der Waals surface area contributed by atoms with Gasteiger partial charge in [0.2, 0.25) is 0 Å². The van der Waals surface area contributed by atoms with Gasteiger partial charge in [-0.15, -0.1) is 0 Å². The topological polar surface area (TPSA) is 38.0 Å². The van der Waals surface area contributed by atoms with Crippen molar-refractivity contribution in [2.75, 3.05) is 17.6 Å². The highest BCUT2D eigenvalue weighted by molar-refractivity contribution is 5.67. The van der Waals surface area contributed by atoms with E-state index < -0.39 is 11.7 Å². The first-order valence-corrected chi connectivity index (χ1v) is 6.85. The summed E-state index contributed by atoms with van der Waals surface area (Å²) in [4.78, 5) is 0. The molecular formula is C15H19F3N2. The van der Waals surface area contributed by atoms with Crippen LogP contribution in [0.5, 0.6) is 0 Å². The predicted octanol–water partition coefficient (Wildman–Crippen LogP) is 4.59. The van der Waals surface area contributed by atoms with Crippen molar-refractivity contribution >= 4 is 11.4 Å². The van der Waals surface area contributed by atoms with Crippen LogP contribution in [0.15, 0.2) is 29.8 Å². The van der Waals surface area contributed by atoms with Crippen molar-refractivity contribution in [2.24, 2.45) is 0 Å². The summed E-state index contributed by atoms with van der Waals surface area (Å²) in [6, 6.07) is 3.42. The van der Waals surface area contributed by atoms with Gasteiger partial charge in [-0.05, 0) is 50.3 Å². The van der Waals surface area contributed by atoms with Crippen LogP contribution in [0.4, 0.5) is 24.5 Å². The highest BCUT2D eigenvalue weighted by Crippen LogP contribution is 2.32. The Morgan fingerprint density at radius 1 is 1.20 bits per heavy atom. The summed E-state index contributed by atoms with van der Waals surface area (Å²) in [6.45, 7) is 0.696. The number of nitrogens with one attached hydrogen (secondary N) is 1. The van der Waals surface area contributed by atoms with Crippen LogP contribution in [0, 0.1) is 0 Å². The van der Waals surface area contributed by atoms with Crippen LogP contribution in [0.2, 0.25) is 0 Å². The molecule has 0 spiro atoms. The molecule has 2 nitrogen and oxygen atoms in total. The van der Waals surface area contributed by atoms with Crippen molar-refractivity contribution in [3.63, 3.8) is 0 Å². The lowest BCUT2D eigenvalue weighted by atomic mass is 9.97. The first-order chi connectivity index (χ1) is 9.47. The third-order valence-electron chi connectivity index (χ3n) is 3.53. The second kappa shape index (κ2) is 6.20. The fourth-order valence-corrected chi connectivity index (χ4v) is 2.39. The van der Waals surface area contributed by atoms with Gasteiger partial charge in [0.15, 0.2) is 0 Å². The smallest absolute Gasteiger partial charge is 0.397 e. The third kappa shape index (κ3) is 3.92. The number of benzene rings is 1. The van der Waals surface area contributed by atoms with Crippen molar-refractivity contribution < 1.29 is 13.2 Å². The fraction of sp³-hybridized carbons (Fsp3) is 0.467. The first-order valence-electron chi connectivity index (χ1n) is 6.85. The molecule has 20 heavy (non-hydrogen) atoms. The number of alkyl halides is 3. The van der Waals surface area contributed by atoms with E-state index in [2.05, 4.69) is 11.4 Å². The summed E-state index contributed by atoms with van der Waals surface area (Å²) < 4.78 is 37.5. The molecule has 2 rings (SSSR count). The van der Waals surface area contributed by atoms with Crippen molar-refractivity contribution in [1.82, 2.24) is 0 Å². The van der Waals surface area contributed by atoms with Crippen LogP contribution in [0.25, 0.3) is 0 Å². The molecule has 1 aliphatic carbocycles. The van der Waals surface area contributed by atoms with E-state index in [0.29, 0.717) is 12.2 Å². The average molecular weight is 284 g/mol. The molecule has 0 aliphatic heterocycles. The van der Waals surface area contributed by atoms with Crippen molar-refractivity contribution in [3.05, 3.63) is 35.4 Å². The van der Waals surface area contributed by atoms with E-state index in [-0.39, 0.29) is 5.69 Å². The number of allylic oxidation sites excluding steroid dienone is 1. The standard InChI is InChI=1S/C15H19F3N2/c16-15(17,18)12-6-7-14(13(19)10-12)20-9-8-11-4-2-1-3-5-11/h4,6-7,10,20H,1-3,5,8-9,19H2. The van der Waals surface area contributed by atoms with Gasteiger partial charge in [-0.25, -0.2) is 0 Å². The molecule has 0 saturated heterocycles. The maximum Gasteiger partial charge on any atom is 0.416 e. The van der Waals surface area contributed by atoms with Gasteiger partial charge in [-0.2, -0.15) is 13.2 Å². The Morgan fingerprint density at radius 2 is 2.00 bits per heavy atom. The van der Waals surface area contributed by atoms with Crippen molar-refractivity contribution in [2.45, 2.75) is 38.3 Å². The molecule has 0 fully saturated rings. The molecule has 1 aromatic carbocycles. The molecule has 110 valence electrons. The summed E-state index contributed by atoms with van der Waals surface area (Å²) >= 11 is 0. The second-order valence-electron chi connectivity index (χ2n) is 5.08. The minimum Gasteiger partial charge on any atom is -0.397 e. The maximum atomic E-state index is 12.5. The number of hydrogen-bond donors (Lipinski definition) is 2. The van der Waals surface area contributed by atoms with Crippen LogP contribution in [-0.4, -0.2) is 6.54 Å². The molecular weight excluding hydrogens is 265 g/mol. The Kier molecular flexibility index (Phi) is 4.57. The van der Waals surface area contributed by atoms with E-state index in [4.69, 9.17) is 5.73 Å². The Morgan fingerprint density at radius 3 is 2.60 bits per heavy atom. The summed E-state index contributed by atoms with van der Waals surface area (Å²) in [5.41, 5.74) is 7.07. The zero-order valence-electron chi connectivity index (χ0n) is 11.3. The van der Waals surface area contributed by atoms with Crippen LogP contribution in [0.3, 0.4) is 0 Å². The fourth-order valence-electron chi connectivity index (χ4n) is 2.39. The average Bonchev–Trinajstić information content (AvgIpc) is 2.40. The van der Waals surface area contributed by atoms with Gasteiger partial charge in [0.1, 0.15) is 0 Å². The highest BCUT2D eigenvalue weighted by atomic mass is 19.4. The molecule has 0 aromatic heterocycles. The minimum atomic E-state index is -4.35. The number of nitrogen functional groups attached to an aromatic ring is 1. The molecule has 0 bridgehead atoms. The predicted molar refractivity (Wildman–Crippen MR) is 75.5 cm³/mol. The lowest BCUT2D eigenvalue weighted by Crippen LogP contribution is -2.09. The Balaban J connectivity index is 1.91. The summed E-state index contributed by atoms with van der Waals surface area (Å²) in [5, 5.41) is 3.11. The van der Waals surface area contributed by atoms with Crippen molar-refractivity contribution in [1.29, 1.82) is 0 Å². The minimum absolute atomic E-state index is 0.137. The molecule has 1 aliphatic rings. The van der Waals surface area contributed by atoms with E-state index in [0.717, 1.165) is 31.4 Å². The zero-order valence-corrected chi connectivity index (χ0v) is 11.3. The number of rotatable bonds is 4. The van der Waals surface area contributed by atoms with Gasteiger partial charge >= 0.3 is 6.18 Å². The molecule has 0 amide bonds. The molecule has 0 unspecified atom stereocenters. The van der Waals surface area contributed by atoms with Crippen LogP contribution >= 0.6 is 0 Å². The monoisotopic (exact) mass is 284 g/mol. The molecule has 3 N–H and O–H groups in total. The zero-order chi connectivity index (χ0) is 14.6. The Labute approximate surface area is 116 Å². The molecule has 0 saturated carbocycles. The lowest BCUT2D eigenvalue weighted by molar-refractivity contribution is -0.137. The second-order valence-corrected chi connectivity index (χ2v) is 5.08. The summed E-state index contributed by atoms with van der Waals surface area (Å²) in [5.74, 6) is 0. The molecule has 0 atom stereocenters. The SMILES string of the molecule is Nc1cc(C(F)(F)F)ccc1NCCC1=CCCCC1. The number of nitrogens with two attached hydrogens (primary N) is 1. The van der Waals surface area contributed by atoms with E-state index in [1.807, 2.05) is 0 Å². The quantitative estimate of drug-likeness (QED) is 0.627. The van der Waals surface area contributed by atoms with Crippen LogP contribution in [0.1, 0.15) is 37.7 Å². The van der Waals surface area contributed by atoms with Crippen LogP contribution in [-0.2, 0) is 6.18 Å². The molecule has 5 heteroatoms. The number of anilines is 2. The Bertz CT molecular complexity index is 492. The van der Waals surface area contributed by atoms with Gasteiger partial charge in [0.05, 0.1) is 16.9 Å². The summed E-state index contributed by atoms with van der Waals surface area (Å²) in [6.07, 6.45) is 3.58. The third-order valence-corrected chi connectivity index (χ3v) is 3.53. The number of hydrogen-bond acceptors (Lipinski definition) is 2. The summed E-state index contributed by atoms with van der Waals surface area (Å²) in [7, 11) is 0. The Hall–Kier alpha value is -1.65. The van der Waals surface area contributed by atoms with E-state index in [1.165, 1.54) is 24.5 Å². The lowest BCUT2D eigenvalue weighted by Gasteiger charge is -2.15. The molecule has 1 aromatic rings. The van der Waals surface area contributed by atoms with E-state index in [9.17, 15) is 13.2 Å². The normalized spacial score (nSPS) is 15.8. The number of halogens is 3. The van der Waals surface area contributed by atoms with Gasteiger partial charge < -0.3 is 11.1 Å².